The first-order valence-corrected chi connectivity index (χ1v) is 8.51. The number of ether oxygens (including phenoxy) is 1. The summed E-state index contributed by atoms with van der Waals surface area (Å²) in [7, 11) is 0. The van der Waals surface area contributed by atoms with Crippen LogP contribution in [0.15, 0.2) is 0 Å². The van der Waals surface area contributed by atoms with Gasteiger partial charge < -0.3 is 10.5 Å². The molecule has 1 heterocycles. The molecule has 3 atom stereocenters. The predicted octanol–water partition coefficient (Wildman–Crippen LogP) is 3.20. The van der Waals surface area contributed by atoms with Crippen LogP contribution in [0, 0.1) is 35.0 Å². The Labute approximate surface area is 117 Å². The first kappa shape index (κ1) is 12.6. The molecule has 0 aromatic carbocycles. The first-order chi connectivity index (χ1) is 9.18. The van der Waals surface area contributed by atoms with E-state index in [1.54, 1.807) is 0 Å². The van der Waals surface area contributed by atoms with Gasteiger partial charge in [-0.2, -0.15) is 0 Å². The Kier molecular flexibility index (Phi) is 2.97. The summed E-state index contributed by atoms with van der Waals surface area (Å²) in [5.41, 5.74) is 7.02. The van der Waals surface area contributed by atoms with Gasteiger partial charge in [0.2, 0.25) is 0 Å². The number of hydrogen-bond donors (Lipinski definition) is 1. The van der Waals surface area contributed by atoms with Gasteiger partial charge in [0.05, 0.1) is 0 Å². The molecule has 0 aromatic heterocycles. The standard InChI is InChI=1S/C17H29NO/c1-11(18)16-13-6-12-7-14(16)10-17(8-12,9-13)15-2-4-19-5-3-15/h11-16H,2-10,18H2,1H3. The van der Waals surface area contributed by atoms with E-state index < -0.39 is 0 Å². The molecule has 19 heavy (non-hydrogen) atoms. The van der Waals surface area contributed by atoms with Crippen molar-refractivity contribution in [2.45, 2.75) is 57.9 Å². The highest BCUT2D eigenvalue weighted by Crippen LogP contribution is 2.66. The van der Waals surface area contributed by atoms with Crippen molar-refractivity contribution in [3.63, 3.8) is 0 Å². The van der Waals surface area contributed by atoms with Gasteiger partial charge in [0.15, 0.2) is 0 Å². The van der Waals surface area contributed by atoms with E-state index in [2.05, 4.69) is 6.92 Å². The molecule has 0 aromatic rings. The minimum atomic E-state index is 0.418. The maximum absolute atomic E-state index is 6.32. The Morgan fingerprint density at radius 3 is 2.26 bits per heavy atom. The summed E-state index contributed by atoms with van der Waals surface area (Å²) < 4.78 is 5.60. The summed E-state index contributed by atoms with van der Waals surface area (Å²) in [6.45, 7) is 4.29. The molecule has 108 valence electrons. The van der Waals surface area contributed by atoms with Crippen molar-refractivity contribution in [1.29, 1.82) is 0 Å². The second kappa shape index (κ2) is 4.46. The summed E-state index contributed by atoms with van der Waals surface area (Å²) in [4.78, 5) is 0. The van der Waals surface area contributed by atoms with Gasteiger partial charge in [0, 0.05) is 19.3 Å². The van der Waals surface area contributed by atoms with Crippen LogP contribution in [0.5, 0.6) is 0 Å². The molecule has 0 amide bonds. The molecule has 1 saturated heterocycles. The third kappa shape index (κ3) is 1.90. The molecule has 3 unspecified atom stereocenters. The average molecular weight is 263 g/mol. The molecular formula is C17H29NO. The fourth-order valence-electron chi connectivity index (χ4n) is 6.80. The molecule has 2 N–H and O–H groups in total. The summed E-state index contributed by atoms with van der Waals surface area (Å²) >= 11 is 0. The van der Waals surface area contributed by atoms with Crippen molar-refractivity contribution in [1.82, 2.24) is 0 Å². The Bertz CT molecular complexity index is 331. The summed E-state index contributed by atoms with van der Waals surface area (Å²) in [5, 5.41) is 0. The normalized spacial score (nSPS) is 51.5. The van der Waals surface area contributed by atoms with Crippen LogP contribution in [0.2, 0.25) is 0 Å². The van der Waals surface area contributed by atoms with Crippen LogP contribution in [0.4, 0.5) is 0 Å². The molecule has 0 spiro atoms. The van der Waals surface area contributed by atoms with Crippen LogP contribution >= 0.6 is 0 Å². The van der Waals surface area contributed by atoms with Crippen molar-refractivity contribution >= 4 is 0 Å². The topological polar surface area (TPSA) is 35.2 Å². The smallest absolute Gasteiger partial charge is 0.0468 e. The van der Waals surface area contributed by atoms with Gasteiger partial charge in [-0.1, -0.05) is 0 Å². The van der Waals surface area contributed by atoms with E-state index in [1.807, 2.05) is 0 Å². The van der Waals surface area contributed by atoms with Crippen LogP contribution in [-0.2, 0) is 4.74 Å². The van der Waals surface area contributed by atoms with Crippen molar-refractivity contribution < 1.29 is 4.74 Å². The highest BCUT2D eigenvalue weighted by molar-refractivity contribution is 5.08. The van der Waals surface area contributed by atoms with E-state index >= 15 is 0 Å². The van der Waals surface area contributed by atoms with Gasteiger partial charge in [0.25, 0.3) is 0 Å². The van der Waals surface area contributed by atoms with Gasteiger partial charge in [-0.25, -0.2) is 0 Å². The lowest BCUT2D eigenvalue weighted by Gasteiger charge is -2.63. The molecule has 4 aliphatic carbocycles. The van der Waals surface area contributed by atoms with Crippen LogP contribution in [0.3, 0.4) is 0 Å². The Hall–Kier alpha value is -0.0800. The Morgan fingerprint density at radius 1 is 1.05 bits per heavy atom. The fraction of sp³-hybridized carbons (Fsp3) is 1.00. The third-order valence-corrected chi connectivity index (χ3v) is 7.09. The number of hydrogen-bond acceptors (Lipinski definition) is 2. The lowest BCUT2D eigenvalue weighted by Crippen LogP contribution is -2.57. The van der Waals surface area contributed by atoms with Gasteiger partial charge in [-0.15, -0.1) is 0 Å². The molecule has 4 bridgehead atoms. The zero-order chi connectivity index (χ0) is 13.0. The second-order valence-corrected chi connectivity index (χ2v) is 8.16. The molecule has 4 saturated carbocycles. The van der Waals surface area contributed by atoms with Gasteiger partial charge in [-0.3, -0.25) is 0 Å². The van der Waals surface area contributed by atoms with Crippen molar-refractivity contribution in [3.05, 3.63) is 0 Å². The van der Waals surface area contributed by atoms with E-state index in [1.165, 1.54) is 44.9 Å². The van der Waals surface area contributed by atoms with E-state index in [4.69, 9.17) is 10.5 Å². The van der Waals surface area contributed by atoms with Gasteiger partial charge in [0.1, 0.15) is 0 Å². The molecular weight excluding hydrogens is 234 g/mol. The highest BCUT2D eigenvalue weighted by Gasteiger charge is 2.58. The lowest BCUT2D eigenvalue weighted by atomic mass is 9.42. The van der Waals surface area contributed by atoms with Crippen molar-refractivity contribution in [2.75, 3.05) is 13.2 Å². The quantitative estimate of drug-likeness (QED) is 0.830. The summed E-state index contributed by atoms with van der Waals surface area (Å²) in [5.74, 6) is 4.74. The lowest BCUT2D eigenvalue weighted by molar-refractivity contribution is -0.142. The van der Waals surface area contributed by atoms with Crippen molar-refractivity contribution in [2.24, 2.45) is 40.7 Å². The third-order valence-electron chi connectivity index (χ3n) is 7.09. The summed E-state index contributed by atoms with van der Waals surface area (Å²) in [6.07, 6.45) is 10.2. The maximum atomic E-state index is 6.32. The largest absolute Gasteiger partial charge is 0.381 e. The minimum Gasteiger partial charge on any atom is -0.381 e. The Morgan fingerprint density at radius 2 is 1.68 bits per heavy atom. The molecule has 0 radical (unpaired) electrons. The zero-order valence-corrected chi connectivity index (χ0v) is 12.3. The number of rotatable bonds is 2. The molecule has 2 nitrogen and oxygen atoms in total. The van der Waals surface area contributed by atoms with Crippen molar-refractivity contribution in [3.8, 4) is 0 Å². The summed E-state index contributed by atoms with van der Waals surface area (Å²) in [6, 6.07) is 0.418. The molecule has 5 fully saturated rings. The van der Waals surface area contributed by atoms with Gasteiger partial charge in [-0.05, 0) is 86.9 Å². The van der Waals surface area contributed by atoms with E-state index in [-0.39, 0.29) is 0 Å². The molecule has 5 rings (SSSR count). The highest BCUT2D eigenvalue weighted by atomic mass is 16.5. The van der Waals surface area contributed by atoms with E-state index in [0.717, 1.165) is 42.8 Å². The van der Waals surface area contributed by atoms with Gasteiger partial charge >= 0.3 is 0 Å². The SMILES string of the molecule is CC(N)C1C2CC3CC1CC(C1CCOCC1)(C3)C2. The second-order valence-electron chi connectivity index (χ2n) is 8.16. The fourth-order valence-corrected chi connectivity index (χ4v) is 6.80. The Balaban J connectivity index is 1.59. The minimum absolute atomic E-state index is 0.418. The predicted molar refractivity (Wildman–Crippen MR) is 76.7 cm³/mol. The van der Waals surface area contributed by atoms with E-state index in [9.17, 15) is 0 Å². The monoisotopic (exact) mass is 263 g/mol. The zero-order valence-electron chi connectivity index (χ0n) is 12.3. The van der Waals surface area contributed by atoms with Crippen LogP contribution in [0.25, 0.3) is 0 Å². The number of nitrogens with two attached hydrogens (primary N) is 1. The average Bonchev–Trinajstić information content (AvgIpc) is 2.38. The first-order valence-electron chi connectivity index (χ1n) is 8.51. The molecule has 2 heteroatoms. The maximum Gasteiger partial charge on any atom is 0.0468 e. The molecule has 5 aliphatic rings. The van der Waals surface area contributed by atoms with E-state index in [0.29, 0.717) is 11.5 Å². The van der Waals surface area contributed by atoms with Crippen LogP contribution < -0.4 is 5.73 Å². The van der Waals surface area contributed by atoms with Crippen LogP contribution in [-0.4, -0.2) is 19.3 Å². The molecule has 1 aliphatic heterocycles. The van der Waals surface area contributed by atoms with Crippen LogP contribution in [0.1, 0.15) is 51.9 Å².